The van der Waals surface area contributed by atoms with Crippen molar-refractivity contribution in [3.8, 4) is 5.75 Å². The maximum absolute atomic E-state index is 6.41. The Morgan fingerprint density at radius 2 is 2.00 bits per heavy atom. The Morgan fingerprint density at radius 3 is 2.70 bits per heavy atom. The Hall–Kier alpha value is -1.29. The van der Waals surface area contributed by atoms with Crippen LogP contribution >= 0.6 is 12.2 Å². The standard InChI is InChI=1S/C16H20N2OS/c1-9-6-12-13-8-16(3,19-14(12)7-10(9)2)18(11-4-5-11)15(20)17-13/h6-7,11,13H,4-5,8H2,1-3H3,(H,17,20). The van der Waals surface area contributed by atoms with Crippen molar-refractivity contribution in [3.05, 3.63) is 28.8 Å². The van der Waals surface area contributed by atoms with Crippen molar-refractivity contribution in [3.63, 3.8) is 0 Å². The number of benzene rings is 1. The number of hydrogen-bond donors (Lipinski definition) is 1. The van der Waals surface area contributed by atoms with Crippen LogP contribution in [0, 0.1) is 13.8 Å². The van der Waals surface area contributed by atoms with E-state index in [-0.39, 0.29) is 11.8 Å². The molecule has 3 nitrogen and oxygen atoms in total. The molecule has 0 amide bonds. The molecule has 2 fully saturated rings. The van der Waals surface area contributed by atoms with E-state index in [0.29, 0.717) is 6.04 Å². The lowest BCUT2D eigenvalue weighted by Gasteiger charge is -2.52. The van der Waals surface area contributed by atoms with Gasteiger partial charge in [0.05, 0.1) is 6.04 Å². The molecule has 1 aliphatic carbocycles. The first kappa shape index (κ1) is 12.5. The molecule has 2 bridgehead atoms. The molecule has 2 unspecified atom stereocenters. The zero-order valence-electron chi connectivity index (χ0n) is 12.2. The Bertz CT molecular complexity index is 611. The fourth-order valence-corrected chi connectivity index (χ4v) is 4.02. The van der Waals surface area contributed by atoms with E-state index in [1.165, 1.54) is 29.5 Å². The average Bonchev–Trinajstić information content (AvgIpc) is 3.15. The summed E-state index contributed by atoms with van der Waals surface area (Å²) in [6.07, 6.45) is 3.41. The molecular weight excluding hydrogens is 268 g/mol. The van der Waals surface area contributed by atoms with E-state index in [2.05, 4.69) is 43.1 Å². The van der Waals surface area contributed by atoms with Crippen LogP contribution in [0.25, 0.3) is 0 Å². The number of fused-ring (bicyclic) bond motifs is 4. The van der Waals surface area contributed by atoms with Crippen molar-refractivity contribution in [2.45, 2.75) is 57.8 Å². The van der Waals surface area contributed by atoms with Gasteiger partial charge in [-0.05, 0) is 63.0 Å². The third-order valence-electron chi connectivity index (χ3n) is 4.85. The molecule has 2 atom stereocenters. The van der Waals surface area contributed by atoms with Gasteiger partial charge in [-0.2, -0.15) is 0 Å². The highest BCUT2D eigenvalue weighted by Gasteiger charge is 2.52. The minimum absolute atomic E-state index is 0.283. The highest BCUT2D eigenvalue weighted by atomic mass is 32.1. The first-order valence-corrected chi connectivity index (χ1v) is 7.79. The quantitative estimate of drug-likeness (QED) is 0.802. The van der Waals surface area contributed by atoms with Crippen molar-refractivity contribution >= 4 is 17.3 Å². The van der Waals surface area contributed by atoms with Gasteiger partial charge in [-0.3, -0.25) is 0 Å². The second-order valence-corrected chi connectivity index (χ2v) is 6.95. The SMILES string of the molecule is Cc1cc2c(cc1C)C1CC(C)(O2)N(C2CC2)C(=S)N1. The van der Waals surface area contributed by atoms with Gasteiger partial charge in [0.1, 0.15) is 5.75 Å². The largest absolute Gasteiger partial charge is 0.468 e. The first-order valence-electron chi connectivity index (χ1n) is 7.38. The Morgan fingerprint density at radius 1 is 1.30 bits per heavy atom. The summed E-state index contributed by atoms with van der Waals surface area (Å²) in [4.78, 5) is 2.29. The van der Waals surface area contributed by atoms with Gasteiger partial charge in [0, 0.05) is 18.0 Å². The zero-order valence-corrected chi connectivity index (χ0v) is 13.0. The molecule has 20 heavy (non-hydrogen) atoms. The topological polar surface area (TPSA) is 24.5 Å². The highest BCUT2D eigenvalue weighted by molar-refractivity contribution is 7.80. The van der Waals surface area contributed by atoms with Crippen LogP contribution < -0.4 is 10.1 Å². The number of rotatable bonds is 1. The van der Waals surface area contributed by atoms with Crippen LogP contribution in [0.1, 0.15) is 48.9 Å². The molecule has 0 spiro atoms. The number of thiocarbonyl (C=S) groups is 1. The first-order chi connectivity index (χ1) is 9.48. The van der Waals surface area contributed by atoms with Gasteiger partial charge in [-0.1, -0.05) is 6.07 Å². The normalized spacial score (nSPS) is 31.4. The van der Waals surface area contributed by atoms with Crippen molar-refractivity contribution in [2.24, 2.45) is 0 Å². The third kappa shape index (κ3) is 1.67. The van der Waals surface area contributed by atoms with Crippen LogP contribution in [-0.4, -0.2) is 21.8 Å². The molecule has 3 aliphatic rings. The maximum atomic E-state index is 6.41. The average molecular weight is 288 g/mol. The molecule has 4 rings (SSSR count). The van der Waals surface area contributed by atoms with Crippen molar-refractivity contribution in [1.82, 2.24) is 10.2 Å². The molecule has 1 saturated carbocycles. The zero-order chi connectivity index (χ0) is 14.1. The molecular formula is C16H20N2OS. The van der Waals surface area contributed by atoms with E-state index in [1.807, 2.05) is 0 Å². The van der Waals surface area contributed by atoms with Crippen molar-refractivity contribution in [2.75, 3.05) is 0 Å². The van der Waals surface area contributed by atoms with Gasteiger partial charge in [-0.25, -0.2) is 0 Å². The lowest BCUT2D eigenvalue weighted by atomic mass is 9.88. The molecule has 4 heteroatoms. The fourth-order valence-electron chi connectivity index (χ4n) is 3.53. The fraction of sp³-hybridized carbons (Fsp3) is 0.562. The lowest BCUT2D eigenvalue weighted by molar-refractivity contribution is -0.0721. The van der Waals surface area contributed by atoms with Gasteiger partial charge in [0.15, 0.2) is 10.8 Å². The van der Waals surface area contributed by atoms with E-state index < -0.39 is 0 Å². The predicted molar refractivity (Wildman–Crippen MR) is 82.9 cm³/mol. The van der Waals surface area contributed by atoms with Crippen LogP contribution in [0.2, 0.25) is 0 Å². The molecule has 2 aliphatic heterocycles. The molecule has 106 valence electrons. The van der Waals surface area contributed by atoms with Crippen LogP contribution in [-0.2, 0) is 0 Å². The van der Waals surface area contributed by atoms with Crippen LogP contribution in [0.5, 0.6) is 5.75 Å². The minimum atomic E-state index is -0.289. The summed E-state index contributed by atoms with van der Waals surface area (Å²) < 4.78 is 6.41. The Balaban J connectivity index is 1.81. The summed E-state index contributed by atoms with van der Waals surface area (Å²) in [5.74, 6) is 1.02. The van der Waals surface area contributed by atoms with Gasteiger partial charge in [0.2, 0.25) is 0 Å². The number of ether oxygens (including phenoxy) is 1. The molecule has 1 aromatic carbocycles. The molecule has 1 saturated heterocycles. The van der Waals surface area contributed by atoms with E-state index >= 15 is 0 Å². The molecule has 2 heterocycles. The summed E-state index contributed by atoms with van der Waals surface area (Å²) >= 11 is 5.59. The number of nitrogens with one attached hydrogen (secondary N) is 1. The van der Waals surface area contributed by atoms with Gasteiger partial charge >= 0.3 is 0 Å². The Kier molecular flexibility index (Phi) is 2.41. The Labute approximate surface area is 125 Å². The second-order valence-electron chi connectivity index (χ2n) is 6.56. The highest BCUT2D eigenvalue weighted by Crippen LogP contribution is 2.48. The summed E-state index contributed by atoms with van der Waals surface area (Å²) in [6.45, 7) is 6.48. The van der Waals surface area contributed by atoms with Crippen LogP contribution in [0.3, 0.4) is 0 Å². The van der Waals surface area contributed by atoms with Gasteiger partial charge < -0.3 is 15.0 Å². The molecule has 1 N–H and O–H groups in total. The third-order valence-corrected chi connectivity index (χ3v) is 5.17. The van der Waals surface area contributed by atoms with E-state index in [4.69, 9.17) is 17.0 Å². The number of aryl methyl sites for hydroxylation is 2. The van der Waals surface area contributed by atoms with Crippen molar-refractivity contribution in [1.29, 1.82) is 0 Å². The summed E-state index contributed by atoms with van der Waals surface area (Å²) in [6, 6.07) is 5.27. The number of nitrogens with zero attached hydrogens (tertiary/aromatic N) is 1. The lowest BCUT2D eigenvalue weighted by Crippen LogP contribution is -2.65. The van der Waals surface area contributed by atoms with Crippen molar-refractivity contribution < 1.29 is 4.74 Å². The monoisotopic (exact) mass is 288 g/mol. The molecule has 0 aromatic heterocycles. The minimum Gasteiger partial charge on any atom is -0.468 e. The smallest absolute Gasteiger partial charge is 0.184 e. The van der Waals surface area contributed by atoms with E-state index in [1.54, 1.807) is 0 Å². The molecule has 1 aromatic rings. The molecule has 0 radical (unpaired) electrons. The summed E-state index contributed by atoms with van der Waals surface area (Å²) in [5.41, 5.74) is 3.56. The van der Waals surface area contributed by atoms with Gasteiger partial charge in [-0.15, -0.1) is 0 Å². The van der Waals surface area contributed by atoms with E-state index in [9.17, 15) is 0 Å². The summed E-state index contributed by atoms with van der Waals surface area (Å²) in [7, 11) is 0. The summed E-state index contributed by atoms with van der Waals surface area (Å²) in [5, 5.41) is 4.38. The maximum Gasteiger partial charge on any atom is 0.184 e. The van der Waals surface area contributed by atoms with E-state index in [0.717, 1.165) is 17.3 Å². The van der Waals surface area contributed by atoms with Crippen LogP contribution in [0.15, 0.2) is 12.1 Å². The van der Waals surface area contributed by atoms with Gasteiger partial charge in [0.25, 0.3) is 0 Å². The van der Waals surface area contributed by atoms with Crippen LogP contribution in [0.4, 0.5) is 0 Å². The number of hydrogen-bond acceptors (Lipinski definition) is 2. The second kappa shape index (κ2) is 3.88. The predicted octanol–water partition coefficient (Wildman–Crippen LogP) is 3.20.